The van der Waals surface area contributed by atoms with Crippen molar-refractivity contribution in [2.75, 3.05) is 26.9 Å². The van der Waals surface area contributed by atoms with Crippen LogP contribution in [0.5, 0.6) is 0 Å². The van der Waals surface area contributed by atoms with E-state index in [0.717, 1.165) is 31.4 Å². The predicted molar refractivity (Wildman–Crippen MR) is 132 cm³/mol. The summed E-state index contributed by atoms with van der Waals surface area (Å²) >= 11 is 0. The Morgan fingerprint density at radius 3 is 1.56 bits per heavy atom. The number of rotatable bonds is 23. The van der Waals surface area contributed by atoms with E-state index in [-0.39, 0.29) is 5.92 Å². The van der Waals surface area contributed by atoms with Gasteiger partial charge in [-0.05, 0) is 18.8 Å². The third kappa shape index (κ3) is 23.3. The summed E-state index contributed by atoms with van der Waals surface area (Å²) in [6.45, 7) is 5.62. The summed E-state index contributed by atoms with van der Waals surface area (Å²) in [6, 6.07) is 0. The molecule has 5 nitrogen and oxygen atoms in total. The standard InChI is InChI=1S/C27H50O5/c1-4-5-6-7-8-9-10-11-12-13-14-15-16-17-18-22-31-26(28)19-20-27(29)32-24-25(2)21-23-30-3/h19-20,25H,4-18,21-24H2,1-3H3/b20-19+. The number of esters is 2. The van der Waals surface area contributed by atoms with Crippen molar-refractivity contribution in [3.05, 3.63) is 12.2 Å². The SMILES string of the molecule is CCCCCCCCCCCCCCCCCOC(=O)/C=C/C(=O)OCC(C)CCOC. The zero-order valence-electron chi connectivity index (χ0n) is 21.2. The first-order chi connectivity index (χ1) is 15.6. The van der Waals surface area contributed by atoms with E-state index in [2.05, 4.69) is 6.92 Å². The van der Waals surface area contributed by atoms with Crippen LogP contribution in [0.4, 0.5) is 0 Å². The molecule has 0 aliphatic carbocycles. The van der Waals surface area contributed by atoms with Gasteiger partial charge in [-0.25, -0.2) is 9.59 Å². The van der Waals surface area contributed by atoms with Gasteiger partial charge in [0.05, 0.1) is 13.2 Å². The van der Waals surface area contributed by atoms with E-state index in [9.17, 15) is 9.59 Å². The molecule has 0 saturated heterocycles. The van der Waals surface area contributed by atoms with Gasteiger partial charge in [-0.1, -0.05) is 104 Å². The van der Waals surface area contributed by atoms with E-state index >= 15 is 0 Å². The zero-order valence-corrected chi connectivity index (χ0v) is 21.2. The molecule has 0 bridgehead atoms. The fraction of sp³-hybridized carbons (Fsp3) is 0.852. The number of carbonyl (C=O) groups excluding carboxylic acids is 2. The normalized spacial score (nSPS) is 12.2. The van der Waals surface area contributed by atoms with Crippen molar-refractivity contribution < 1.29 is 23.8 Å². The van der Waals surface area contributed by atoms with E-state index < -0.39 is 11.9 Å². The second-order valence-corrected chi connectivity index (χ2v) is 8.97. The summed E-state index contributed by atoms with van der Waals surface area (Å²) in [5, 5.41) is 0. The zero-order chi connectivity index (χ0) is 23.7. The Bertz CT molecular complexity index is 461. The summed E-state index contributed by atoms with van der Waals surface area (Å²) in [7, 11) is 1.65. The topological polar surface area (TPSA) is 61.8 Å². The van der Waals surface area contributed by atoms with Crippen molar-refractivity contribution in [1.82, 2.24) is 0 Å². The summed E-state index contributed by atoms with van der Waals surface area (Å²) in [4.78, 5) is 23.2. The molecule has 0 aromatic rings. The van der Waals surface area contributed by atoms with E-state index in [1.807, 2.05) is 6.92 Å². The van der Waals surface area contributed by atoms with Gasteiger partial charge in [-0.3, -0.25) is 0 Å². The molecule has 5 heteroatoms. The summed E-state index contributed by atoms with van der Waals surface area (Å²) in [5.41, 5.74) is 0. The molecule has 0 rings (SSSR count). The number of unbranched alkanes of at least 4 members (excludes halogenated alkanes) is 14. The van der Waals surface area contributed by atoms with Gasteiger partial charge in [0.15, 0.2) is 0 Å². The highest BCUT2D eigenvalue weighted by Gasteiger charge is 2.06. The molecule has 0 aromatic carbocycles. The minimum Gasteiger partial charge on any atom is -0.463 e. The molecule has 0 aliphatic heterocycles. The van der Waals surface area contributed by atoms with Crippen LogP contribution in [0.25, 0.3) is 0 Å². The monoisotopic (exact) mass is 454 g/mol. The smallest absolute Gasteiger partial charge is 0.331 e. The number of hydrogen-bond donors (Lipinski definition) is 0. The average Bonchev–Trinajstić information content (AvgIpc) is 2.79. The maximum absolute atomic E-state index is 11.6. The first-order valence-electron chi connectivity index (χ1n) is 13.1. The molecule has 0 amide bonds. The minimum absolute atomic E-state index is 0.226. The van der Waals surface area contributed by atoms with Gasteiger partial charge in [0.1, 0.15) is 0 Å². The van der Waals surface area contributed by atoms with Crippen LogP contribution >= 0.6 is 0 Å². The fourth-order valence-corrected chi connectivity index (χ4v) is 3.51. The lowest BCUT2D eigenvalue weighted by atomic mass is 10.0. The van der Waals surface area contributed by atoms with Crippen LogP contribution in [-0.2, 0) is 23.8 Å². The van der Waals surface area contributed by atoms with E-state index in [1.165, 1.54) is 83.5 Å². The lowest BCUT2D eigenvalue weighted by Gasteiger charge is -2.09. The largest absolute Gasteiger partial charge is 0.463 e. The van der Waals surface area contributed by atoms with Crippen molar-refractivity contribution in [1.29, 1.82) is 0 Å². The van der Waals surface area contributed by atoms with Crippen LogP contribution in [0.1, 0.15) is 117 Å². The first kappa shape index (κ1) is 30.6. The maximum atomic E-state index is 11.6. The Morgan fingerprint density at radius 1 is 0.656 bits per heavy atom. The second-order valence-electron chi connectivity index (χ2n) is 8.97. The van der Waals surface area contributed by atoms with E-state index in [0.29, 0.717) is 19.8 Å². The number of hydrogen-bond acceptors (Lipinski definition) is 5. The third-order valence-corrected chi connectivity index (χ3v) is 5.67. The van der Waals surface area contributed by atoms with Gasteiger partial charge in [-0.15, -0.1) is 0 Å². The highest BCUT2D eigenvalue weighted by molar-refractivity contribution is 5.91. The van der Waals surface area contributed by atoms with Gasteiger partial charge in [0.2, 0.25) is 0 Å². The molecule has 0 heterocycles. The molecule has 0 radical (unpaired) electrons. The van der Waals surface area contributed by atoms with Crippen LogP contribution in [0.3, 0.4) is 0 Å². The lowest BCUT2D eigenvalue weighted by Crippen LogP contribution is -2.12. The molecule has 0 N–H and O–H groups in total. The van der Waals surface area contributed by atoms with E-state index in [1.54, 1.807) is 7.11 Å². The Morgan fingerprint density at radius 2 is 1.09 bits per heavy atom. The van der Waals surface area contributed by atoms with Crippen molar-refractivity contribution in [3.63, 3.8) is 0 Å². The van der Waals surface area contributed by atoms with Crippen LogP contribution in [0.2, 0.25) is 0 Å². The Kier molecular flexibility index (Phi) is 23.3. The Hall–Kier alpha value is -1.36. The molecule has 0 spiro atoms. The lowest BCUT2D eigenvalue weighted by molar-refractivity contribution is -0.141. The van der Waals surface area contributed by atoms with Crippen LogP contribution < -0.4 is 0 Å². The Labute approximate surface area is 197 Å². The highest BCUT2D eigenvalue weighted by Crippen LogP contribution is 2.13. The molecule has 0 aromatic heterocycles. The molecule has 1 unspecified atom stereocenters. The first-order valence-corrected chi connectivity index (χ1v) is 13.1. The van der Waals surface area contributed by atoms with Gasteiger partial charge >= 0.3 is 11.9 Å². The number of methoxy groups -OCH3 is 1. The molecular weight excluding hydrogens is 404 g/mol. The number of carbonyl (C=O) groups is 2. The molecule has 0 saturated carbocycles. The third-order valence-electron chi connectivity index (χ3n) is 5.67. The van der Waals surface area contributed by atoms with Crippen molar-refractivity contribution in [3.8, 4) is 0 Å². The molecule has 0 fully saturated rings. The van der Waals surface area contributed by atoms with Gasteiger partial charge in [-0.2, -0.15) is 0 Å². The molecule has 188 valence electrons. The quantitative estimate of drug-likeness (QED) is 0.0930. The molecule has 1 atom stereocenters. The van der Waals surface area contributed by atoms with Crippen molar-refractivity contribution >= 4 is 11.9 Å². The minimum atomic E-state index is -0.516. The summed E-state index contributed by atoms with van der Waals surface area (Å²) < 4.78 is 15.2. The number of ether oxygens (including phenoxy) is 3. The highest BCUT2D eigenvalue weighted by atomic mass is 16.5. The van der Waals surface area contributed by atoms with Gasteiger partial charge in [0.25, 0.3) is 0 Å². The second kappa shape index (κ2) is 24.3. The summed E-state index contributed by atoms with van der Waals surface area (Å²) in [5.74, 6) is -0.776. The fourth-order valence-electron chi connectivity index (χ4n) is 3.51. The summed E-state index contributed by atoms with van der Waals surface area (Å²) in [6.07, 6.45) is 22.7. The molecular formula is C27H50O5. The van der Waals surface area contributed by atoms with E-state index in [4.69, 9.17) is 14.2 Å². The van der Waals surface area contributed by atoms with Crippen LogP contribution in [0.15, 0.2) is 12.2 Å². The average molecular weight is 455 g/mol. The van der Waals surface area contributed by atoms with Crippen LogP contribution in [-0.4, -0.2) is 38.9 Å². The molecule has 32 heavy (non-hydrogen) atoms. The van der Waals surface area contributed by atoms with Gasteiger partial charge < -0.3 is 14.2 Å². The maximum Gasteiger partial charge on any atom is 0.331 e. The molecule has 0 aliphatic rings. The van der Waals surface area contributed by atoms with Crippen molar-refractivity contribution in [2.45, 2.75) is 117 Å². The Balaban J connectivity index is 3.40. The van der Waals surface area contributed by atoms with Crippen LogP contribution in [0, 0.1) is 5.92 Å². The van der Waals surface area contributed by atoms with Gasteiger partial charge in [0, 0.05) is 25.9 Å². The predicted octanol–water partition coefficient (Wildman–Crippen LogP) is 7.17. The van der Waals surface area contributed by atoms with Crippen molar-refractivity contribution in [2.24, 2.45) is 5.92 Å².